The lowest BCUT2D eigenvalue weighted by Gasteiger charge is -2.10. The first-order valence-corrected chi connectivity index (χ1v) is 8.50. The van der Waals surface area contributed by atoms with Crippen LogP contribution in [0.5, 0.6) is 0 Å². The Morgan fingerprint density at radius 2 is 1.95 bits per heavy atom. The molecule has 1 aromatic heterocycles. The van der Waals surface area contributed by atoms with Crippen LogP contribution in [0.2, 0.25) is 0 Å². The van der Waals surface area contributed by atoms with Gasteiger partial charge in [-0.05, 0) is 41.5 Å². The van der Waals surface area contributed by atoms with Crippen LogP contribution in [-0.4, -0.2) is 40.1 Å². The predicted octanol–water partition coefficient (Wildman–Crippen LogP) is 0.974. The van der Waals surface area contributed by atoms with Crippen LogP contribution in [0, 0.1) is 13.8 Å². The van der Waals surface area contributed by atoms with Gasteiger partial charge in [-0.3, -0.25) is 0 Å². The average Bonchev–Trinajstić information content (AvgIpc) is 2.89. The fourth-order valence-corrected chi connectivity index (χ4v) is 2.77. The summed E-state index contributed by atoms with van der Waals surface area (Å²) in [6.45, 7) is 5.73. The van der Waals surface area contributed by atoms with Crippen molar-refractivity contribution in [3.05, 3.63) is 23.3 Å². The summed E-state index contributed by atoms with van der Waals surface area (Å²) in [7, 11) is -3.06. The zero-order valence-electron chi connectivity index (χ0n) is 12.4. The van der Waals surface area contributed by atoms with Gasteiger partial charge >= 0.3 is 0 Å². The normalized spacial score (nSPS) is 11.8. The first kappa shape index (κ1) is 15.4. The number of nitrogen functional groups attached to an aromatic ring is 1. The van der Waals surface area contributed by atoms with Gasteiger partial charge in [0.2, 0.25) is 0 Å². The molecule has 0 bridgehead atoms. The van der Waals surface area contributed by atoms with Crippen molar-refractivity contribution in [2.75, 3.05) is 17.2 Å². The van der Waals surface area contributed by atoms with Crippen molar-refractivity contribution < 1.29 is 8.42 Å². The molecule has 21 heavy (non-hydrogen) atoms. The fraction of sp³-hybridized carbons (Fsp3) is 0.462. The maximum absolute atomic E-state index is 11.6. The number of sulfone groups is 1. The summed E-state index contributed by atoms with van der Waals surface area (Å²) in [5.74, 6) is 0.661. The van der Waals surface area contributed by atoms with Crippen molar-refractivity contribution in [3.8, 4) is 11.4 Å². The molecule has 0 aliphatic heterocycles. The minimum absolute atomic E-state index is 0.0158. The zero-order valence-corrected chi connectivity index (χ0v) is 13.2. The van der Waals surface area contributed by atoms with Gasteiger partial charge in [0.15, 0.2) is 15.7 Å². The summed E-state index contributed by atoms with van der Waals surface area (Å²) in [6, 6.07) is 3.79. The molecule has 0 aliphatic carbocycles. The molecule has 1 heterocycles. The smallest absolute Gasteiger partial charge is 0.182 e. The van der Waals surface area contributed by atoms with Gasteiger partial charge in [0.05, 0.1) is 12.3 Å². The lowest BCUT2D eigenvalue weighted by Crippen LogP contribution is -2.16. The van der Waals surface area contributed by atoms with Crippen LogP contribution in [-0.2, 0) is 16.4 Å². The molecule has 0 saturated carbocycles. The third kappa shape index (κ3) is 3.38. The van der Waals surface area contributed by atoms with Gasteiger partial charge in [-0.15, -0.1) is 5.10 Å². The van der Waals surface area contributed by atoms with E-state index in [0.717, 1.165) is 16.7 Å². The number of benzene rings is 1. The third-order valence-electron chi connectivity index (χ3n) is 3.44. The highest BCUT2D eigenvalue weighted by molar-refractivity contribution is 7.91. The Labute approximate surface area is 124 Å². The van der Waals surface area contributed by atoms with Crippen LogP contribution in [0.3, 0.4) is 0 Å². The number of nitrogens with two attached hydrogens (primary N) is 1. The van der Waals surface area contributed by atoms with Crippen molar-refractivity contribution >= 4 is 15.5 Å². The monoisotopic (exact) mass is 309 g/mol. The Morgan fingerprint density at radius 3 is 2.62 bits per heavy atom. The molecular weight excluding hydrogens is 290 g/mol. The molecule has 0 fully saturated rings. The second-order valence-corrected chi connectivity index (χ2v) is 7.46. The van der Waals surface area contributed by atoms with E-state index in [1.807, 2.05) is 26.0 Å². The van der Waals surface area contributed by atoms with Gasteiger partial charge in [0, 0.05) is 17.0 Å². The number of nitrogens with zero attached hydrogens (tertiary/aromatic N) is 4. The van der Waals surface area contributed by atoms with Crippen molar-refractivity contribution in [2.24, 2.45) is 0 Å². The standard InChI is InChI=1S/C13H19N5O2S/c1-4-21(19,20)6-5-18-13(15-16-17-18)11-8-12(14)10(3)7-9(11)2/h7-8H,4-6,14H2,1-3H3. The Balaban J connectivity index is 2.35. The molecule has 0 aliphatic rings. The van der Waals surface area contributed by atoms with Crippen LogP contribution < -0.4 is 5.73 Å². The molecule has 0 amide bonds. The highest BCUT2D eigenvalue weighted by Gasteiger charge is 2.15. The zero-order chi connectivity index (χ0) is 15.6. The Kier molecular flexibility index (Phi) is 4.26. The molecule has 8 heteroatoms. The van der Waals surface area contributed by atoms with Crippen molar-refractivity contribution in [1.29, 1.82) is 0 Å². The number of hydrogen-bond acceptors (Lipinski definition) is 6. The number of tetrazole rings is 1. The fourth-order valence-electron chi connectivity index (χ4n) is 2.03. The summed E-state index contributed by atoms with van der Waals surface area (Å²) < 4.78 is 24.7. The number of aryl methyl sites for hydroxylation is 3. The molecule has 2 rings (SSSR count). The summed E-state index contributed by atoms with van der Waals surface area (Å²) in [5.41, 5.74) is 9.40. The van der Waals surface area contributed by atoms with E-state index < -0.39 is 9.84 Å². The van der Waals surface area contributed by atoms with Crippen LogP contribution in [0.1, 0.15) is 18.1 Å². The number of rotatable bonds is 5. The van der Waals surface area contributed by atoms with Crippen LogP contribution >= 0.6 is 0 Å². The van der Waals surface area contributed by atoms with Crippen LogP contribution in [0.15, 0.2) is 12.1 Å². The van der Waals surface area contributed by atoms with Gasteiger partial charge in [0.25, 0.3) is 0 Å². The Morgan fingerprint density at radius 1 is 1.24 bits per heavy atom. The molecule has 1 aromatic carbocycles. The average molecular weight is 309 g/mol. The van der Waals surface area contributed by atoms with E-state index in [9.17, 15) is 8.42 Å². The number of hydrogen-bond donors (Lipinski definition) is 1. The number of aromatic nitrogens is 4. The minimum atomic E-state index is -3.06. The van der Waals surface area contributed by atoms with E-state index in [-0.39, 0.29) is 18.1 Å². The maximum Gasteiger partial charge on any atom is 0.182 e. The second-order valence-electron chi connectivity index (χ2n) is 4.99. The van der Waals surface area contributed by atoms with E-state index in [1.54, 1.807) is 6.92 Å². The van der Waals surface area contributed by atoms with Crippen molar-refractivity contribution in [2.45, 2.75) is 27.3 Å². The van der Waals surface area contributed by atoms with Crippen LogP contribution in [0.25, 0.3) is 11.4 Å². The molecule has 0 radical (unpaired) electrons. The largest absolute Gasteiger partial charge is 0.398 e. The third-order valence-corrected chi connectivity index (χ3v) is 5.12. The number of anilines is 1. The molecular formula is C13H19N5O2S. The quantitative estimate of drug-likeness (QED) is 0.825. The molecule has 0 saturated heterocycles. The van der Waals surface area contributed by atoms with E-state index in [1.165, 1.54) is 4.68 Å². The summed E-state index contributed by atoms with van der Waals surface area (Å²) in [4.78, 5) is 0. The molecule has 0 unspecified atom stereocenters. The van der Waals surface area contributed by atoms with Gasteiger partial charge in [-0.2, -0.15) is 0 Å². The molecule has 2 aromatic rings. The van der Waals surface area contributed by atoms with E-state index in [0.29, 0.717) is 11.5 Å². The van der Waals surface area contributed by atoms with E-state index >= 15 is 0 Å². The SMILES string of the molecule is CCS(=O)(=O)CCn1nnnc1-c1cc(N)c(C)cc1C. The Hall–Kier alpha value is -1.96. The topological polar surface area (TPSA) is 104 Å². The highest BCUT2D eigenvalue weighted by Crippen LogP contribution is 2.25. The second kappa shape index (κ2) is 5.80. The van der Waals surface area contributed by atoms with Crippen LogP contribution in [0.4, 0.5) is 5.69 Å². The van der Waals surface area contributed by atoms with Gasteiger partial charge in [-0.1, -0.05) is 13.0 Å². The van der Waals surface area contributed by atoms with E-state index in [4.69, 9.17) is 5.73 Å². The lowest BCUT2D eigenvalue weighted by atomic mass is 10.0. The molecule has 0 spiro atoms. The first-order chi connectivity index (χ1) is 9.84. The molecule has 7 nitrogen and oxygen atoms in total. The molecule has 114 valence electrons. The summed E-state index contributed by atoms with van der Waals surface area (Å²) in [6.07, 6.45) is 0. The predicted molar refractivity (Wildman–Crippen MR) is 81.5 cm³/mol. The van der Waals surface area contributed by atoms with Crippen molar-refractivity contribution in [1.82, 2.24) is 20.2 Å². The minimum Gasteiger partial charge on any atom is -0.398 e. The molecule has 2 N–H and O–H groups in total. The first-order valence-electron chi connectivity index (χ1n) is 6.67. The maximum atomic E-state index is 11.6. The van der Waals surface area contributed by atoms with Gasteiger partial charge in [-0.25, -0.2) is 13.1 Å². The lowest BCUT2D eigenvalue weighted by molar-refractivity contribution is 0.577. The van der Waals surface area contributed by atoms with E-state index in [2.05, 4.69) is 15.5 Å². The summed E-state index contributed by atoms with van der Waals surface area (Å²) >= 11 is 0. The highest BCUT2D eigenvalue weighted by atomic mass is 32.2. The Bertz CT molecular complexity index is 752. The summed E-state index contributed by atoms with van der Waals surface area (Å²) in [5, 5.41) is 11.5. The van der Waals surface area contributed by atoms with Crippen molar-refractivity contribution in [3.63, 3.8) is 0 Å². The molecule has 0 atom stereocenters. The van der Waals surface area contributed by atoms with Gasteiger partial charge in [0.1, 0.15) is 0 Å². The van der Waals surface area contributed by atoms with Gasteiger partial charge < -0.3 is 5.73 Å².